The summed E-state index contributed by atoms with van der Waals surface area (Å²) in [6.07, 6.45) is 3.71. The van der Waals surface area contributed by atoms with Crippen LogP contribution >= 0.6 is 11.3 Å². The third-order valence-electron chi connectivity index (χ3n) is 2.41. The molecule has 0 saturated heterocycles. The van der Waals surface area contributed by atoms with Crippen molar-refractivity contribution in [3.8, 4) is 5.69 Å². The zero-order valence-corrected chi connectivity index (χ0v) is 9.03. The Labute approximate surface area is 91.0 Å². The highest BCUT2D eigenvalue weighted by molar-refractivity contribution is 7.17. The maximum Gasteiger partial charge on any atom is 0.107 e. The molecular formula is C11H9N3S. The van der Waals surface area contributed by atoms with E-state index in [1.165, 1.54) is 10.3 Å². The molecule has 0 unspecified atom stereocenters. The van der Waals surface area contributed by atoms with Gasteiger partial charge in [0.2, 0.25) is 0 Å². The van der Waals surface area contributed by atoms with Crippen molar-refractivity contribution in [2.24, 2.45) is 0 Å². The van der Waals surface area contributed by atoms with E-state index in [-0.39, 0.29) is 0 Å². The molecule has 0 spiro atoms. The predicted molar refractivity (Wildman–Crippen MR) is 61.5 cm³/mol. The van der Waals surface area contributed by atoms with Gasteiger partial charge in [0.05, 0.1) is 15.9 Å². The molecule has 3 nitrogen and oxygen atoms in total. The fourth-order valence-electron chi connectivity index (χ4n) is 1.66. The summed E-state index contributed by atoms with van der Waals surface area (Å²) < 4.78 is 3.09. The number of hydrogen-bond acceptors (Lipinski definition) is 3. The Kier molecular flexibility index (Phi) is 1.82. The van der Waals surface area contributed by atoms with E-state index in [0.717, 1.165) is 11.2 Å². The molecule has 0 aliphatic heterocycles. The van der Waals surface area contributed by atoms with Gasteiger partial charge < -0.3 is 0 Å². The van der Waals surface area contributed by atoms with E-state index >= 15 is 0 Å². The van der Waals surface area contributed by atoms with Crippen LogP contribution in [0, 0.1) is 6.92 Å². The van der Waals surface area contributed by atoms with E-state index in [1.54, 1.807) is 17.5 Å². The molecule has 1 aromatic carbocycles. The summed E-state index contributed by atoms with van der Waals surface area (Å²) in [4.78, 5) is 4.39. The molecule has 2 heterocycles. The van der Waals surface area contributed by atoms with Gasteiger partial charge in [-0.1, -0.05) is 6.07 Å². The molecule has 2 aromatic heterocycles. The van der Waals surface area contributed by atoms with Crippen LogP contribution in [0.25, 0.3) is 15.9 Å². The van der Waals surface area contributed by atoms with E-state index in [9.17, 15) is 0 Å². The largest absolute Gasteiger partial charge is 0.242 e. The first kappa shape index (κ1) is 8.61. The smallest absolute Gasteiger partial charge is 0.107 e. The van der Waals surface area contributed by atoms with Crippen LogP contribution in [0.3, 0.4) is 0 Å². The van der Waals surface area contributed by atoms with Gasteiger partial charge >= 0.3 is 0 Å². The normalized spacial score (nSPS) is 11.0. The molecule has 4 heteroatoms. The third kappa shape index (κ3) is 1.26. The fraction of sp³-hybridized carbons (Fsp3) is 0.0909. The summed E-state index contributed by atoms with van der Waals surface area (Å²) in [7, 11) is 0. The number of nitrogens with zero attached hydrogens (tertiary/aromatic N) is 3. The minimum atomic E-state index is 1.03. The van der Waals surface area contributed by atoms with Crippen molar-refractivity contribution in [2.75, 3.05) is 0 Å². The minimum absolute atomic E-state index is 1.03. The van der Waals surface area contributed by atoms with E-state index in [0.29, 0.717) is 0 Å². The van der Waals surface area contributed by atoms with Crippen molar-refractivity contribution in [3.05, 3.63) is 41.7 Å². The number of aryl methyl sites for hydroxylation is 1. The van der Waals surface area contributed by atoms with Crippen LogP contribution in [0.15, 0.2) is 36.1 Å². The Bertz CT molecular complexity index is 595. The first-order valence-corrected chi connectivity index (χ1v) is 5.57. The van der Waals surface area contributed by atoms with Crippen LogP contribution in [0.5, 0.6) is 0 Å². The average Bonchev–Trinajstić information content (AvgIpc) is 2.88. The standard InChI is InChI=1S/C11H9N3S/c1-8-3-4-9(14-6-2-5-13-14)10-11(8)15-7-12-10/h2-7H,1H3. The lowest BCUT2D eigenvalue weighted by molar-refractivity contribution is 0.885. The van der Waals surface area contributed by atoms with E-state index in [2.05, 4.69) is 29.1 Å². The van der Waals surface area contributed by atoms with Gasteiger partial charge in [0, 0.05) is 12.4 Å². The van der Waals surface area contributed by atoms with Crippen molar-refractivity contribution >= 4 is 21.6 Å². The second kappa shape index (κ2) is 3.17. The molecule has 0 N–H and O–H groups in total. The summed E-state index contributed by atoms with van der Waals surface area (Å²) in [6, 6.07) is 6.08. The molecule has 15 heavy (non-hydrogen) atoms. The fourth-order valence-corrected chi connectivity index (χ4v) is 2.45. The van der Waals surface area contributed by atoms with Gasteiger partial charge in [-0.15, -0.1) is 11.3 Å². The molecule has 0 aliphatic rings. The predicted octanol–water partition coefficient (Wildman–Crippen LogP) is 2.79. The summed E-state index contributed by atoms with van der Waals surface area (Å²) in [5.41, 5.74) is 5.22. The lowest BCUT2D eigenvalue weighted by atomic mass is 10.2. The van der Waals surface area contributed by atoms with Gasteiger partial charge in [-0.05, 0) is 24.6 Å². The van der Waals surface area contributed by atoms with E-state index in [1.807, 2.05) is 22.5 Å². The number of aromatic nitrogens is 3. The molecular weight excluding hydrogens is 206 g/mol. The van der Waals surface area contributed by atoms with Gasteiger partial charge in [0.15, 0.2) is 0 Å². The number of fused-ring (bicyclic) bond motifs is 1. The van der Waals surface area contributed by atoms with Crippen LogP contribution in [-0.4, -0.2) is 14.8 Å². The van der Waals surface area contributed by atoms with Gasteiger partial charge in [-0.3, -0.25) is 0 Å². The van der Waals surface area contributed by atoms with Crippen LogP contribution in [0.1, 0.15) is 5.56 Å². The Morgan fingerprint density at radius 2 is 2.27 bits per heavy atom. The summed E-state index contributed by atoms with van der Waals surface area (Å²) in [6.45, 7) is 2.10. The van der Waals surface area contributed by atoms with Crippen molar-refractivity contribution in [1.82, 2.24) is 14.8 Å². The van der Waals surface area contributed by atoms with Crippen LogP contribution in [-0.2, 0) is 0 Å². The average molecular weight is 215 g/mol. The van der Waals surface area contributed by atoms with Gasteiger partial charge in [0.25, 0.3) is 0 Å². The quantitative estimate of drug-likeness (QED) is 0.625. The molecule has 3 rings (SSSR count). The van der Waals surface area contributed by atoms with Gasteiger partial charge in [0.1, 0.15) is 5.52 Å². The molecule has 74 valence electrons. The van der Waals surface area contributed by atoms with Crippen molar-refractivity contribution < 1.29 is 0 Å². The van der Waals surface area contributed by atoms with Crippen LogP contribution < -0.4 is 0 Å². The zero-order valence-electron chi connectivity index (χ0n) is 8.21. The Balaban J connectivity index is 2.37. The zero-order chi connectivity index (χ0) is 10.3. The first-order valence-electron chi connectivity index (χ1n) is 4.69. The highest BCUT2D eigenvalue weighted by Crippen LogP contribution is 2.26. The monoisotopic (exact) mass is 215 g/mol. The molecule has 0 amide bonds. The molecule has 0 fully saturated rings. The Hall–Kier alpha value is -1.68. The first-order chi connectivity index (χ1) is 7.36. The molecule has 0 radical (unpaired) electrons. The second-order valence-corrected chi connectivity index (χ2v) is 4.24. The van der Waals surface area contributed by atoms with Crippen LogP contribution in [0.2, 0.25) is 0 Å². The van der Waals surface area contributed by atoms with Crippen molar-refractivity contribution in [3.63, 3.8) is 0 Å². The summed E-state index contributed by atoms with van der Waals surface area (Å²) in [5.74, 6) is 0. The highest BCUT2D eigenvalue weighted by Gasteiger charge is 2.07. The van der Waals surface area contributed by atoms with Crippen LogP contribution in [0.4, 0.5) is 0 Å². The highest BCUT2D eigenvalue weighted by atomic mass is 32.1. The second-order valence-electron chi connectivity index (χ2n) is 3.38. The van der Waals surface area contributed by atoms with E-state index < -0.39 is 0 Å². The summed E-state index contributed by atoms with van der Waals surface area (Å²) in [5, 5.41) is 4.23. The van der Waals surface area contributed by atoms with Gasteiger partial charge in [-0.25, -0.2) is 9.67 Å². The SMILES string of the molecule is Cc1ccc(-n2cccn2)c2ncsc12. The molecule has 0 bridgehead atoms. The maximum atomic E-state index is 4.39. The maximum absolute atomic E-state index is 4.39. The lowest BCUT2D eigenvalue weighted by Gasteiger charge is -2.03. The minimum Gasteiger partial charge on any atom is -0.242 e. The number of benzene rings is 1. The Morgan fingerprint density at radius 1 is 1.33 bits per heavy atom. The van der Waals surface area contributed by atoms with Crippen molar-refractivity contribution in [1.29, 1.82) is 0 Å². The molecule has 0 saturated carbocycles. The number of thiazole rings is 1. The molecule has 0 atom stereocenters. The molecule has 3 aromatic rings. The van der Waals surface area contributed by atoms with Crippen molar-refractivity contribution in [2.45, 2.75) is 6.92 Å². The topological polar surface area (TPSA) is 30.7 Å². The third-order valence-corrected chi connectivity index (χ3v) is 3.37. The lowest BCUT2D eigenvalue weighted by Crippen LogP contribution is -1.95. The number of hydrogen-bond donors (Lipinski definition) is 0. The Morgan fingerprint density at radius 3 is 3.07 bits per heavy atom. The summed E-state index contributed by atoms with van der Waals surface area (Å²) >= 11 is 1.67. The van der Waals surface area contributed by atoms with E-state index in [4.69, 9.17) is 0 Å². The molecule has 0 aliphatic carbocycles. The number of rotatable bonds is 1. The van der Waals surface area contributed by atoms with Gasteiger partial charge in [-0.2, -0.15) is 5.10 Å².